The van der Waals surface area contributed by atoms with Crippen LogP contribution in [-0.4, -0.2) is 25.5 Å². The summed E-state index contributed by atoms with van der Waals surface area (Å²) in [6, 6.07) is 3.60. The van der Waals surface area contributed by atoms with Crippen molar-refractivity contribution in [3.8, 4) is 0 Å². The number of hydrogen-bond donors (Lipinski definition) is 2. The van der Waals surface area contributed by atoms with E-state index in [0.717, 1.165) is 35.3 Å². The van der Waals surface area contributed by atoms with E-state index in [1.807, 2.05) is 31.7 Å². The highest BCUT2D eigenvalue weighted by molar-refractivity contribution is 8.01. The first-order chi connectivity index (χ1) is 9.77. The van der Waals surface area contributed by atoms with E-state index in [2.05, 4.69) is 11.6 Å². The fraction of sp³-hybridized carbons (Fsp3) is 0.600. The fourth-order valence-corrected chi connectivity index (χ4v) is 5.47. The zero-order valence-electron chi connectivity index (χ0n) is 12.9. The quantitative estimate of drug-likeness (QED) is 0.870. The Morgan fingerprint density at radius 2 is 2.05 bits per heavy atom. The number of benzene rings is 1. The summed E-state index contributed by atoms with van der Waals surface area (Å²) in [5.41, 5.74) is 8.37. The van der Waals surface area contributed by atoms with Gasteiger partial charge >= 0.3 is 0 Å². The lowest BCUT2D eigenvalue weighted by atomic mass is 10.1. The lowest BCUT2D eigenvalue weighted by molar-refractivity contribution is 0.552. The summed E-state index contributed by atoms with van der Waals surface area (Å²) in [6.07, 6.45) is 2.21. The first-order valence-corrected chi connectivity index (χ1v) is 9.68. The van der Waals surface area contributed by atoms with Gasteiger partial charge in [0.15, 0.2) is 0 Å². The van der Waals surface area contributed by atoms with Crippen LogP contribution in [0.15, 0.2) is 17.0 Å². The predicted octanol–water partition coefficient (Wildman–Crippen LogP) is 2.33. The molecule has 118 valence electrons. The van der Waals surface area contributed by atoms with Crippen LogP contribution in [0.25, 0.3) is 0 Å². The third kappa shape index (κ3) is 3.80. The van der Waals surface area contributed by atoms with Crippen LogP contribution < -0.4 is 10.5 Å². The number of nitrogens with two attached hydrogens (primary N) is 1. The van der Waals surface area contributed by atoms with Crippen molar-refractivity contribution in [1.29, 1.82) is 0 Å². The number of aryl methyl sites for hydroxylation is 2. The molecule has 1 fully saturated rings. The second-order valence-corrected chi connectivity index (χ2v) is 9.39. The number of sulfonamides is 1. The molecule has 6 heteroatoms. The molecule has 4 nitrogen and oxygen atoms in total. The van der Waals surface area contributed by atoms with Gasteiger partial charge in [-0.05, 0) is 62.1 Å². The van der Waals surface area contributed by atoms with Crippen molar-refractivity contribution < 1.29 is 8.42 Å². The summed E-state index contributed by atoms with van der Waals surface area (Å²) in [5, 5.41) is 0. The first-order valence-electron chi connectivity index (χ1n) is 7.21. The molecule has 3 N–H and O–H groups in total. The Kier molecular flexibility index (Phi) is 5.03. The van der Waals surface area contributed by atoms with Gasteiger partial charge in [0.25, 0.3) is 0 Å². The van der Waals surface area contributed by atoms with Crippen molar-refractivity contribution >= 4 is 21.8 Å². The molecule has 0 aromatic heterocycles. The molecule has 0 saturated carbocycles. The number of nitrogens with one attached hydrogen (secondary N) is 1. The normalized spacial score (nSPS) is 22.7. The Morgan fingerprint density at radius 1 is 1.33 bits per heavy atom. The zero-order valence-corrected chi connectivity index (χ0v) is 14.5. The number of thioether (sulfide) groups is 1. The maximum absolute atomic E-state index is 12.6. The highest BCUT2D eigenvalue weighted by Gasteiger charge is 2.31. The highest BCUT2D eigenvalue weighted by Crippen LogP contribution is 2.37. The first kappa shape index (κ1) is 16.8. The van der Waals surface area contributed by atoms with Crippen LogP contribution in [0.5, 0.6) is 0 Å². The molecule has 1 unspecified atom stereocenters. The minimum absolute atomic E-state index is 0.0162. The highest BCUT2D eigenvalue weighted by atomic mass is 32.2. The molecule has 0 bridgehead atoms. The van der Waals surface area contributed by atoms with Crippen molar-refractivity contribution in [1.82, 2.24) is 4.72 Å². The van der Waals surface area contributed by atoms with Gasteiger partial charge in [-0.15, -0.1) is 0 Å². The van der Waals surface area contributed by atoms with E-state index >= 15 is 0 Å². The number of rotatable bonds is 5. The van der Waals surface area contributed by atoms with E-state index in [1.54, 1.807) is 6.07 Å². The summed E-state index contributed by atoms with van der Waals surface area (Å²) in [6.45, 7) is 6.73. The lowest BCUT2D eigenvalue weighted by Crippen LogP contribution is -2.37. The van der Waals surface area contributed by atoms with Crippen molar-refractivity contribution in [2.24, 2.45) is 5.73 Å². The molecular formula is C15H24N2O2S2. The molecule has 1 aromatic carbocycles. The minimum atomic E-state index is -3.48. The van der Waals surface area contributed by atoms with Gasteiger partial charge in [-0.25, -0.2) is 13.1 Å². The molecule has 1 atom stereocenters. The van der Waals surface area contributed by atoms with Crippen molar-refractivity contribution in [3.05, 3.63) is 28.8 Å². The van der Waals surface area contributed by atoms with Gasteiger partial charge in [-0.3, -0.25) is 0 Å². The third-order valence-corrected chi connectivity index (χ3v) is 7.16. The smallest absolute Gasteiger partial charge is 0.240 e. The Balaban J connectivity index is 2.23. The molecule has 1 aliphatic rings. The Morgan fingerprint density at radius 3 is 2.62 bits per heavy atom. The van der Waals surface area contributed by atoms with E-state index in [4.69, 9.17) is 5.73 Å². The fourth-order valence-electron chi connectivity index (χ4n) is 2.69. The molecule has 0 aliphatic carbocycles. The van der Waals surface area contributed by atoms with Gasteiger partial charge in [0.2, 0.25) is 10.0 Å². The Hall–Kier alpha value is -0.560. The summed E-state index contributed by atoms with van der Waals surface area (Å²) < 4.78 is 27.9. The van der Waals surface area contributed by atoms with Gasteiger partial charge < -0.3 is 5.73 Å². The molecule has 0 amide bonds. The van der Waals surface area contributed by atoms with Crippen LogP contribution in [0.2, 0.25) is 0 Å². The maximum Gasteiger partial charge on any atom is 0.240 e. The Bertz CT molecular complexity index is 621. The molecule has 21 heavy (non-hydrogen) atoms. The molecular weight excluding hydrogens is 304 g/mol. The average molecular weight is 329 g/mol. The van der Waals surface area contributed by atoms with Crippen molar-refractivity contribution in [3.63, 3.8) is 0 Å². The van der Waals surface area contributed by atoms with Crippen LogP contribution in [0, 0.1) is 13.8 Å². The van der Waals surface area contributed by atoms with Crippen LogP contribution in [-0.2, 0) is 16.6 Å². The molecule has 1 heterocycles. The van der Waals surface area contributed by atoms with E-state index < -0.39 is 10.0 Å². The minimum Gasteiger partial charge on any atom is -0.326 e. The van der Waals surface area contributed by atoms with Crippen molar-refractivity contribution in [2.75, 3.05) is 12.3 Å². The Labute approximate surface area is 131 Å². The third-order valence-electron chi connectivity index (χ3n) is 4.08. The predicted molar refractivity (Wildman–Crippen MR) is 89.1 cm³/mol. The topological polar surface area (TPSA) is 72.2 Å². The second kappa shape index (κ2) is 6.28. The molecule has 1 saturated heterocycles. The monoisotopic (exact) mass is 328 g/mol. The molecule has 1 aromatic rings. The van der Waals surface area contributed by atoms with Crippen LogP contribution in [0.3, 0.4) is 0 Å². The van der Waals surface area contributed by atoms with E-state index in [0.29, 0.717) is 18.0 Å². The lowest BCUT2D eigenvalue weighted by Gasteiger charge is -2.23. The summed E-state index contributed by atoms with van der Waals surface area (Å²) >= 11 is 1.85. The summed E-state index contributed by atoms with van der Waals surface area (Å²) in [7, 11) is -3.48. The van der Waals surface area contributed by atoms with Crippen molar-refractivity contribution in [2.45, 2.75) is 49.8 Å². The molecule has 0 spiro atoms. The molecule has 0 radical (unpaired) electrons. The molecule has 2 rings (SSSR count). The maximum atomic E-state index is 12.6. The van der Waals surface area contributed by atoms with Gasteiger partial charge in [0, 0.05) is 17.8 Å². The van der Waals surface area contributed by atoms with Gasteiger partial charge in [-0.2, -0.15) is 11.8 Å². The summed E-state index contributed by atoms with van der Waals surface area (Å²) in [5.74, 6) is 1.11. The van der Waals surface area contributed by atoms with E-state index in [-0.39, 0.29) is 4.75 Å². The van der Waals surface area contributed by atoms with E-state index in [9.17, 15) is 8.42 Å². The SMILES string of the molecule is Cc1cc(C)c(S(=O)(=O)NCC2(C)CCCS2)cc1CN. The number of hydrogen-bond acceptors (Lipinski definition) is 4. The largest absolute Gasteiger partial charge is 0.326 e. The van der Waals surface area contributed by atoms with E-state index in [1.165, 1.54) is 0 Å². The van der Waals surface area contributed by atoms with Gasteiger partial charge in [0.1, 0.15) is 0 Å². The summed E-state index contributed by atoms with van der Waals surface area (Å²) in [4.78, 5) is 0.347. The standard InChI is InChI=1S/C15H24N2O2S2/c1-11-7-12(2)14(8-13(11)9-16)21(18,19)17-10-15(3)5-4-6-20-15/h7-8,17H,4-6,9-10,16H2,1-3H3. The van der Waals surface area contributed by atoms with Crippen LogP contribution in [0.1, 0.15) is 36.5 Å². The molecule has 1 aliphatic heterocycles. The van der Waals surface area contributed by atoms with Gasteiger partial charge in [0.05, 0.1) is 4.90 Å². The van der Waals surface area contributed by atoms with Gasteiger partial charge in [-0.1, -0.05) is 6.07 Å². The van der Waals surface area contributed by atoms with Crippen LogP contribution >= 0.6 is 11.8 Å². The second-order valence-electron chi connectivity index (χ2n) is 5.97. The van der Waals surface area contributed by atoms with Crippen LogP contribution in [0.4, 0.5) is 0 Å². The average Bonchev–Trinajstić information content (AvgIpc) is 2.84. The zero-order chi connectivity index (χ0) is 15.7.